The summed E-state index contributed by atoms with van der Waals surface area (Å²) < 4.78 is 0. The Labute approximate surface area is 123 Å². The number of anilines is 2. The Morgan fingerprint density at radius 2 is 1.62 bits per heavy atom. The average Bonchev–Trinajstić information content (AvgIpc) is 2.55. The summed E-state index contributed by atoms with van der Waals surface area (Å²) in [5.41, 5.74) is 2.53. The molecule has 0 atom stereocenters. The quantitative estimate of drug-likeness (QED) is 0.716. The predicted molar refractivity (Wildman–Crippen MR) is 83.5 cm³/mol. The van der Waals surface area contributed by atoms with Crippen LogP contribution in [-0.2, 0) is 0 Å². The number of fused-ring (bicyclic) bond motifs is 1. The fourth-order valence-corrected chi connectivity index (χ4v) is 2.35. The molecule has 0 saturated carbocycles. The van der Waals surface area contributed by atoms with Crippen LogP contribution in [0.4, 0.5) is 11.5 Å². The molecule has 21 heavy (non-hydrogen) atoms. The number of aryl methyl sites for hydroxylation is 1. The van der Waals surface area contributed by atoms with Crippen molar-refractivity contribution in [1.29, 1.82) is 5.26 Å². The maximum absolute atomic E-state index is 8.87. The number of hydrogen-bond donors (Lipinski definition) is 0. The average molecular weight is 274 g/mol. The molecule has 0 aliphatic carbocycles. The SMILES string of the molecule is Cc1nnc(N(C)c2ccc(C#N)cc2)c2ccccc12. The Hall–Kier alpha value is -2.93. The molecule has 4 heteroatoms. The molecule has 0 amide bonds. The van der Waals surface area contributed by atoms with Crippen molar-refractivity contribution in [1.82, 2.24) is 10.2 Å². The number of hydrogen-bond acceptors (Lipinski definition) is 4. The first kappa shape index (κ1) is 13.1. The molecule has 0 saturated heterocycles. The molecule has 0 spiro atoms. The monoisotopic (exact) mass is 274 g/mol. The van der Waals surface area contributed by atoms with Crippen molar-refractivity contribution in [2.24, 2.45) is 0 Å². The van der Waals surface area contributed by atoms with Gasteiger partial charge in [0, 0.05) is 23.5 Å². The van der Waals surface area contributed by atoms with E-state index in [1.165, 1.54) is 0 Å². The highest BCUT2D eigenvalue weighted by Crippen LogP contribution is 2.29. The molecule has 0 radical (unpaired) electrons. The van der Waals surface area contributed by atoms with E-state index in [0.29, 0.717) is 5.56 Å². The van der Waals surface area contributed by atoms with E-state index in [1.807, 2.05) is 49.2 Å². The third-order valence-corrected chi connectivity index (χ3v) is 3.55. The highest BCUT2D eigenvalue weighted by atomic mass is 15.2. The molecule has 3 rings (SSSR count). The fraction of sp³-hybridized carbons (Fsp3) is 0.118. The van der Waals surface area contributed by atoms with Crippen molar-refractivity contribution in [3.05, 3.63) is 59.8 Å². The van der Waals surface area contributed by atoms with Crippen LogP contribution in [0.15, 0.2) is 48.5 Å². The van der Waals surface area contributed by atoms with Crippen LogP contribution in [0.2, 0.25) is 0 Å². The highest BCUT2D eigenvalue weighted by molar-refractivity contribution is 5.94. The van der Waals surface area contributed by atoms with E-state index in [4.69, 9.17) is 5.26 Å². The first-order valence-corrected chi connectivity index (χ1v) is 6.66. The van der Waals surface area contributed by atoms with E-state index in [1.54, 1.807) is 12.1 Å². The number of nitriles is 1. The van der Waals surface area contributed by atoms with Crippen LogP contribution >= 0.6 is 0 Å². The largest absolute Gasteiger partial charge is 0.327 e. The number of aromatic nitrogens is 2. The first-order chi connectivity index (χ1) is 10.2. The van der Waals surface area contributed by atoms with E-state index in [0.717, 1.165) is 28.0 Å². The van der Waals surface area contributed by atoms with E-state index >= 15 is 0 Å². The lowest BCUT2D eigenvalue weighted by Gasteiger charge is -2.20. The zero-order valence-corrected chi connectivity index (χ0v) is 11.9. The Balaban J connectivity index is 2.11. The first-order valence-electron chi connectivity index (χ1n) is 6.66. The summed E-state index contributed by atoms with van der Waals surface area (Å²) >= 11 is 0. The van der Waals surface area contributed by atoms with E-state index in [2.05, 4.69) is 22.3 Å². The van der Waals surface area contributed by atoms with Gasteiger partial charge in [0.15, 0.2) is 5.82 Å². The number of rotatable bonds is 2. The van der Waals surface area contributed by atoms with Gasteiger partial charge in [-0.3, -0.25) is 0 Å². The standard InChI is InChI=1S/C17H14N4/c1-12-15-5-3-4-6-16(15)17(20-19-12)21(2)14-9-7-13(11-18)8-10-14/h3-10H,1-2H3. The maximum Gasteiger partial charge on any atom is 0.163 e. The summed E-state index contributed by atoms with van der Waals surface area (Å²) in [6, 6.07) is 17.7. The van der Waals surface area contributed by atoms with E-state index < -0.39 is 0 Å². The van der Waals surface area contributed by atoms with Crippen molar-refractivity contribution in [2.75, 3.05) is 11.9 Å². The molecular weight excluding hydrogens is 260 g/mol. The summed E-state index contributed by atoms with van der Waals surface area (Å²) in [4.78, 5) is 1.98. The molecule has 1 aromatic heterocycles. The number of benzene rings is 2. The third-order valence-electron chi connectivity index (χ3n) is 3.55. The number of nitrogens with zero attached hydrogens (tertiary/aromatic N) is 4. The van der Waals surface area contributed by atoms with Gasteiger partial charge in [0.1, 0.15) is 0 Å². The zero-order chi connectivity index (χ0) is 14.8. The lowest BCUT2D eigenvalue weighted by atomic mass is 10.1. The van der Waals surface area contributed by atoms with Gasteiger partial charge in [-0.1, -0.05) is 24.3 Å². The molecule has 0 N–H and O–H groups in total. The van der Waals surface area contributed by atoms with E-state index in [-0.39, 0.29) is 0 Å². The van der Waals surface area contributed by atoms with Crippen LogP contribution in [0.5, 0.6) is 0 Å². The molecule has 0 unspecified atom stereocenters. The Morgan fingerprint density at radius 1 is 0.952 bits per heavy atom. The fourth-order valence-electron chi connectivity index (χ4n) is 2.35. The molecule has 0 aliphatic rings. The molecule has 2 aromatic carbocycles. The van der Waals surface area contributed by atoms with Gasteiger partial charge >= 0.3 is 0 Å². The summed E-state index contributed by atoms with van der Waals surface area (Å²) in [5.74, 6) is 0.806. The third kappa shape index (κ3) is 2.30. The van der Waals surface area contributed by atoms with Gasteiger partial charge in [0.05, 0.1) is 17.3 Å². The Bertz CT molecular complexity index is 832. The van der Waals surface area contributed by atoms with Crippen molar-refractivity contribution >= 4 is 22.3 Å². The molecular formula is C17H14N4. The Morgan fingerprint density at radius 3 is 2.29 bits per heavy atom. The van der Waals surface area contributed by atoms with Gasteiger partial charge in [-0.2, -0.15) is 10.4 Å². The summed E-state index contributed by atoms with van der Waals surface area (Å²) in [6.45, 7) is 1.96. The topological polar surface area (TPSA) is 52.8 Å². The van der Waals surface area contributed by atoms with Crippen molar-refractivity contribution in [3.8, 4) is 6.07 Å². The van der Waals surface area contributed by atoms with E-state index in [9.17, 15) is 0 Å². The Kier molecular flexibility index (Phi) is 3.25. The molecule has 102 valence electrons. The van der Waals surface area contributed by atoms with Crippen molar-refractivity contribution in [2.45, 2.75) is 6.92 Å². The summed E-state index contributed by atoms with van der Waals surface area (Å²) in [6.07, 6.45) is 0. The minimum Gasteiger partial charge on any atom is -0.327 e. The van der Waals surface area contributed by atoms with Crippen LogP contribution in [0, 0.1) is 18.3 Å². The molecule has 0 fully saturated rings. The highest BCUT2D eigenvalue weighted by Gasteiger charge is 2.12. The molecule has 1 heterocycles. The van der Waals surface area contributed by atoms with Gasteiger partial charge in [0.25, 0.3) is 0 Å². The zero-order valence-electron chi connectivity index (χ0n) is 11.9. The molecule has 4 nitrogen and oxygen atoms in total. The molecule has 3 aromatic rings. The van der Waals surface area contributed by atoms with Crippen LogP contribution in [0.25, 0.3) is 10.8 Å². The second kappa shape index (κ2) is 5.22. The normalized spacial score (nSPS) is 10.3. The van der Waals surface area contributed by atoms with Gasteiger partial charge in [-0.05, 0) is 31.2 Å². The smallest absolute Gasteiger partial charge is 0.163 e. The summed E-state index contributed by atoms with van der Waals surface area (Å²) in [7, 11) is 1.95. The maximum atomic E-state index is 8.87. The van der Waals surface area contributed by atoms with Gasteiger partial charge in [-0.25, -0.2) is 0 Å². The lowest BCUT2D eigenvalue weighted by molar-refractivity contribution is 0.972. The lowest BCUT2D eigenvalue weighted by Crippen LogP contribution is -2.13. The van der Waals surface area contributed by atoms with Crippen LogP contribution in [0.3, 0.4) is 0 Å². The van der Waals surface area contributed by atoms with Crippen LogP contribution < -0.4 is 4.90 Å². The second-order valence-corrected chi connectivity index (χ2v) is 4.87. The molecule has 0 aliphatic heterocycles. The second-order valence-electron chi connectivity index (χ2n) is 4.87. The van der Waals surface area contributed by atoms with Crippen molar-refractivity contribution < 1.29 is 0 Å². The van der Waals surface area contributed by atoms with Gasteiger partial charge < -0.3 is 4.90 Å². The predicted octanol–water partition coefficient (Wildman–Crippen LogP) is 3.58. The molecule has 0 bridgehead atoms. The van der Waals surface area contributed by atoms with Crippen LogP contribution in [0.1, 0.15) is 11.3 Å². The van der Waals surface area contributed by atoms with Gasteiger partial charge in [-0.15, -0.1) is 5.10 Å². The van der Waals surface area contributed by atoms with Crippen LogP contribution in [-0.4, -0.2) is 17.2 Å². The minimum absolute atomic E-state index is 0.645. The van der Waals surface area contributed by atoms with Crippen molar-refractivity contribution in [3.63, 3.8) is 0 Å². The minimum atomic E-state index is 0.645. The van der Waals surface area contributed by atoms with Gasteiger partial charge in [0.2, 0.25) is 0 Å². The summed E-state index contributed by atoms with van der Waals surface area (Å²) in [5, 5.41) is 19.6.